The molecule has 2 aliphatic rings. The van der Waals surface area contributed by atoms with Crippen molar-refractivity contribution in [1.82, 2.24) is 4.90 Å². The largest absolute Gasteiger partial charge is 0.500 e. The molecular weight excluding hydrogens is 721 g/mol. The summed E-state index contributed by atoms with van der Waals surface area (Å²) in [5, 5.41) is -1.77. The van der Waals surface area contributed by atoms with Crippen LogP contribution in [0.2, 0.25) is 0 Å². The minimum Gasteiger partial charge on any atom is -0.500 e. The van der Waals surface area contributed by atoms with Gasteiger partial charge in [0.15, 0.2) is 5.78 Å². The molecule has 1 amide bonds. The lowest BCUT2D eigenvalue weighted by molar-refractivity contribution is -0.461. The molecule has 1 spiro atoms. The van der Waals surface area contributed by atoms with E-state index in [1.165, 1.54) is 13.8 Å². The van der Waals surface area contributed by atoms with Crippen LogP contribution in [0.4, 0.5) is 74.6 Å². The molecule has 0 N–H and O–H groups in total. The molecule has 0 radical (unpaired) electrons. The zero-order chi connectivity index (χ0) is 37.2. The number of nitrogens with zero attached hydrogens (tertiary/aromatic N) is 1. The Labute approximate surface area is 257 Å². The van der Waals surface area contributed by atoms with E-state index < -0.39 is 94.7 Å². The van der Waals surface area contributed by atoms with Crippen LogP contribution >= 0.6 is 11.8 Å². The van der Waals surface area contributed by atoms with Gasteiger partial charge in [-0.15, -0.1) is 11.8 Å². The molecule has 1 heterocycles. The Kier molecular flexibility index (Phi) is 10.4. The smallest absolute Gasteiger partial charge is 0.460 e. The van der Waals surface area contributed by atoms with Crippen molar-refractivity contribution in [3.05, 3.63) is 23.7 Å². The molecule has 0 aromatic heterocycles. The topological polar surface area (TPSA) is 55.8 Å². The second kappa shape index (κ2) is 12.1. The van der Waals surface area contributed by atoms with Crippen LogP contribution in [0.5, 0.6) is 0 Å². The third kappa shape index (κ3) is 5.68. The minimum atomic E-state index is -8.72. The molecule has 0 aromatic rings. The summed E-state index contributed by atoms with van der Waals surface area (Å²) in [6.07, 6.45) is -8.90. The number of hydrogen-bond donors (Lipinski definition) is 0. The van der Waals surface area contributed by atoms with Crippen LogP contribution < -0.4 is 0 Å². The summed E-state index contributed by atoms with van der Waals surface area (Å²) in [6.45, 7) is 2.47. The van der Waals surface area contributed by atoms with Gasteiger partial charge < -0.3 is 14.4 Å². The van der Waals surface area contributed by atoms with Gasteiger partial charge in [0.05, 0.1) is 14.2 Å². The first kappa shape index (κ1) is 40.6. The SMILES string of the molecule is COC1=CC(=O)C=C(OC)C12CN(C(C)C)C(=O)C2SCCC(F)(F)C(F)(F)C(F)(F)C(F)(F)C(F)(F)C(F)(F)C(F)(F)C(F)(F)F. The Morgan fingerprint density at radius 3 is 1.47 bits per heavy atom. The number of carbonyl (C=O) groups is 2. The number of amides is 1. The summed E-state index contributed by atoms with van der Waals surface area (Å²) in [4.78, 5) is 26.4. The highest BCUT2D eigenvalue weighted by Crippen LogP contribution is 2.64. The van der Waals surface area contributed by atoms with Gasteiger partial charge in [0.25, 0.3) is 0 Å². The van der Waals surface area contributed by atoms with Crippen molar-refractivity contribution in [3.8, 4) is 0 Å². The van der Waals surface area contributed by atoms with Gasteiger partial charge in [-0.2, -0.15) is 74.6 Å². The number of halogens is 17. The van der Waals surface area contributed by atoms with Crippen LogP contribution in [-0.4, -0.2) is 102 Å². The van der Waals surface area contributed by atoms with E-state index >= 15 is 0 Å². The van der Waals surface area contributed by atoms with Crippen molar-refractivity contribution < 1.29 is 93.7 Å². The Balaban J connectivity index is 2.50. The van der Waals surface area contributed by atoms with Crippen LogP contribution in [0, 0.1) is 5.41 Å². The number of allylic oxidation sites excluding steroid dienone is 2. The fourth-order valence-electron chi connectivity index (χ4n) is 4.68. The third-order valence-corrected chi connectivity index (χ3v) is 8.73. The number of carbonyl (C=O) groups excluding carboxylic acids is 2. The molecule has 1 saturated heterocycles. The van der Waals surface area contributed by atoms with Gasteiger partial charge in [-0.05, 0) is 13.8 Å². The summed E-state index contributed by atoms with van der Waals surface area (Å²) in [7, 11) is 1.98. The fourth-order valence-corrected chi connectivity index (χ4v) is 6.15. The second-order valence-electron chi connectivity index (χ2n) is 10.5. The number of rotatable bonds is 13. The van der Waals surface area contributed by atoms with Gasteiger partial charge in [0.1, 0.15) is 22.2 Å². The van der Waals surface area contributed by atoms with Crippen LogP contribution in [0.1, 0.15) is 20.3 Å². The minimum absolute atomic E-state index is 0.0471. The Bertz CT molecular complexity index is 1270. The first-order valence-electron chi connectivity index (χ1n) is 12.5. The molecular formula is C24H22F17NO4S. The van der Waals surface area contributed by atoms with Crippen LogP contribution in [0.3, 0.4) is 0 Å². The molecule has 0 bridgehead atoms. The molecule has 0 aromatic carbocycles. The van der Waals surface area contributed by atoms with Gasteiger partial charge in [-0.25, -0.2) is 0 Å². The number of alkyl halides is 17. The lowest BCUT2D eigenvalue weighted by Gasteiger charge is -2.43. The van der Waals surface area contributed by atoms with Gasteiger partial charge in [-0.1, -0.05) is 0 Å². The second-order valence-corrected chi connectivity index (χ2v) is 11.7. The summed E-state index contributed by atoms with van der Waals surface area (Å²) < 4.78 is 241. The van der Waals surface area contributed by atoms with E-state index in [1.54, 1.807) is 0 Å². The molecule has 272 valence electrons. The van der Waals surface area contributed by atoms with Gasteiger partial charge in [-0.3, -0.25) is 9.59 Å². The van der Waals surface area contributed by atoms with E-state index in [2.05, 4.69) is 0 Å². The van der Waals surface area contributed by atoms with E-state index in [0.717, 1.165) is 31.3 Å². The number of methoxy groups -OCH3 is 2. The molecule has 5 nitrogen and oxygen atoms in total. The van der Waals surface area contributed by atoms with E-state index in [-0.39, 0.29) is 23.3 Å². The quantitative estimate of drug-likeness (QED) is 0.185. The van der Waals surface area contributed by atoms with Crippen LogP contribution in [0.15, 0.2) is 23.7 Å². The van der Waals surface area contributed by atoms with E-state index in [1.807, 2.05) is 0 Å². The maximum atomic E-state index is 14.5. The normalized spacial score (nSPS) is 20.6. The summed E-state index contributed by atoms with van der Waals surface area (Å²) >= 11 is -0.0471. The Morgan fingerprint density at radius 2 is 1.11 bits per heavy atom. The summed E-state index contributed by atoms with van der Waals surface area (Å²) in [5.74, 6) is -61.1. The number of ether oxygens (including phenoxy) is 2. The standard InChI is InChI=1S/C24H22F17NO4S/c1-10(2)42-9-16(12(45-3)7-11(43)8-13(16)46-4)14(15(42)44)47-6-5-17(25,26)18(27,28)19(29,30)20(31,32)21(33,34)22(35,36)23(37,38)24(39,40)41/h7-8,10,14H,5-6,9H2,1-4H3. The van der Waals surface area contributed by atoms with Crippen molar-refractivity contribution in [2.75, 3.05) is 26.5 Å². The van der Waals surface area contributed by atoms with Crippen molar-refractivity contribution in [3.63, 3.8) is 0 Å². The zero-order valence-electron chi connectivity index (χ0n) is 23.8. The first-order valence-corrected chi connectivity index (χ1v) is 13.6. The molecule has 23 heteroatoms. The van der Waals surface area contributed by atoms with Crippen LogP contribution in [-0.2, 0) is 19.1 Å². The average Bonchev–Trinajstić information content (AvgIpc) is 3.21. The fraction of sp³-hybridized carbons (Fsp3) is 0.750. The van der Waals surface area contributed by atoms with Gasteiger partial charge in [0.2, 0.25) is 5.91 Å². The highest BCUT2D eigenvalue weighted by atomic mass is 32.2. The average molecular weight is 743 g/mol. The molecule has 1 aliphatic carbocycles. The predicted molar refractivity (Wildman–Crippen MR) is 126 cm³/mol. The van der Waals surface area contributed by atoms with E-state index in [0.29, 0.717) is 0 Å². The predicted octanol–water partition coefficient (Wildman–Crippen LogP) is 7.37. The molecule has 2 rings (SSSR count). The number of ketones is 1. The van der Waals surface area contributed by atoms with E-state index in [4.69, 9.17) is 9.47 Å². The monoisotopic (exact) mass is 743 g/mol. The first-order chi connectivity index (χ1) is 20.8. The lowest BCUT2D eigenvalue weighted by Crippen LogP contribution is -2.74. The maximum Gasteiger partial charge on any atom is 0.460 e. The van der Waals surface area contributed by atoms with Crippen molar-refractivity contribution in [2.24, 2.45) is 5.41 Å². The van der Waals surface area contributed by atoms with E-state index in [9.17, 15) is 84.2 Å². The third-order valence-electron chi connectivity index (χ3n) is 7.35. The Hall–Kier alpha value is -2.62. The summed E-state index contributed by atoms with van der Waals surface area (Å²) in [5.41, 5.74) is -1.88. The highest BCUT2D eigenvalue weighted by molar-refractivity contribution is 8.00. The van der Waals surface area contributed by atoms with Crippen LogP contribution in [0.25, 0.3) is 0 Å². The maximum absolute atomic E-state index is 14.5. The molecule has 1 fully saturated rings. The molecule has 1 unspecified atom stereocenters. The number of thioether (sulfide) groups is 1. The highest BCUT2D eigenvalue weighted by Gasteiger charge is 2.95. The summed E-state index contributed by atoms with van der Waals surface area (Å²) in [6, 6.07) is -0.685. The Morgan fingerprint density at radius 1 is 0.723 bits per heavy atom. The molecule has 0 saturated carbocycles. The molecule has 1 aliphatic heterocycles. The van der Waals surface area contributed by atoms with Crippen molar-refractivity contribution in [2.45, 2.75) is 79.2 Å². The van der Waals surface area contributed by atoms with Gasteiger partial charge in [0, 0.05) is 36.9 Å². The molecule has 1 atom stereocenters. The number of likely N-dealkylation sites (tertiary alicyclic amines) is 1. The lowest BCUT2D eigenvalue weighted by atomic mass is 9.78. The van der Waals surface area contributed by atoms with Crippen molar-refractivity contribution in [1.29, 1.82) is 0 Å². The van der Waals surface area contributed by atoms with Gasteiger partial charge >= 0.3 is 47.6 Å². The van der Waals surface area contributed by atoms with Crippen molar-refractivity contribution >= 4 is 23.5 Å². The molecule has 47 heavy (non-hydrogen) atoms. The zero-order valence-corrected chi connectivity index (χ0v) is 24.7. The number of hydrogen-bond acceptors (Lipinski definition) is 5.